The lowest BCUT2D eigenvalue weighted by Gasteiger charge is -2.34. The van der Waals surface area contributed by atoms with Gasteiger partial charge in [0.2, 0.25) is 0 Å². The average Bonchev–Trinajstić information content (AvgIpc) is 3.57. The van der Waals surface area contributed by atoms with E-state index in [0.717, 1.165) is 36.6 Å². The lowest BCUT2D eigenvalue weighted by molar-refractivity contribution is 0.0985. The Kier molecular flexibility index (Phi) is 6.07. The van der Waals surface area contributed by atoms with E-state index in [0.29, 0.717) is 36.7 Å². The molecule has 0 amide bonds. The van der Waals surface area contributed by atoms with Gasteiger partial charge in [-0.25, -0.2) is 15.0 Å². The molecule has 2 aromatic heterocycles. The van der Waals surface area contributed by atoms with Crippen molar-refractivity contribution in [2.75, 3.05) is 42.3 Å². The van der Waals surface area contributed by atoms with Crippen LogP contribution in [0.1, 0.15) is 26.7 Å². The highest BCUT2D eigenvalue weighted by Gasteiger charge is 2.37. The molecule has 2 aliphatic rings. The van der Waals surface area contributed by atoms with E-state index >= 15 is 0 Å². The molecule has 2 fully saturated rings. The molecule has 1 saturated carbocycles. The number of nitrogens with one attached hydrogen (secondary N) is 1. The van der Waals surface area contributed by atoms with Gasteiger partial charge in [0, 0.05) is 24.4 Å². The zero-order chi connectivity index (χ0) is 20.4. The Morgan fingerprint density at radius 2 is 2.21 bits per heavy atom. The fraction of sp³-hybridized carbons (Fsp3) is 0.550. The fourth-order valence-electron chi connectivity index (χ4n) is 3.42. The third-order valence-electron chi connectivity index (χ3n) is 5.23. The molecule has 0 spiro atoms. The standard InChI is InChI=1S/C20H28N6O2S/c1-13-12-28-8-7-26(13)19-10-18(23-11-14(2)29(27)16-3-4-16)24-20(25-19)15-5-6-22-17(21)9-15/h5-6,9-10,13-14,16H,3-4,7-8,11-12H2,1-2H3,(H2,21,22)(H,23,24,25)/t13-,14-,29?/m1/s1. The number of aromatic nitrogens is 3. The third-order valence-corrected chi connectivity index (χ3v) is 7.32. The molecule has 156 valence electrons. The Labute approximate surface area is 174 Å². The molecule has 9 heteroatoms. The van der Waals surface area contributed by atoms with Crippen LogP contribution in [0, 0.1) is 0 Å². The Hall–Kier alpha value is -2.10. The summed E-state index contributed by atoms with van der Waals surface area (Å²) in [4.78, 5) is 15.8. The molecule has 1 aliphatic carbocycles. The largest absolute Gasteiger partial charge is 0.616 e. The van der Waals surface area contributed by atoms with E-state index in [1.54, 1.807) is 12.3 Å². The Morgan fingerprint density at radius 1 is 1.38 bits per heavy atom. The van der Waals surface area contributed by atoms with Crippen molar-refractivity contribution in [2.45, 2.75) is 43.2 Å². The van der Waals surface area contributed by atoms with E-state index in [1.165, 1.54) is 0 Å². The highest BCUT2D eigenvalue weighted by Crippen LogP contribution is 2.31. The van der Waals surface area contributed by atoms with E-state index in [2.05, 4.69) is 22.1 Å². The molecule has 0 aromatic carbocycles. The van der Waals surface area contributed by atoms with Gasteiger partial charge in [0.15, 0.2) is 5.82 Å². The number of rotatable bonds is 7. The molecule has 2 aromatic rings. The van der Waals surface area contributed by atoms with Gasteiger partial charge in [0.05, 0.1) is 25.8 Å². The summed E-state index contributed by atoms with van der Waals surface area (Å²) in [6.07, 6.45) is 3.82. The van der Waals surface area contributed by atoms with E-state index in [1.807, 2.05) is 19.1 Å². The zero-order valence-electron chi connectivity index (χ0n) is 16.9. The summed E-state index contributed by atoms with van der Waals surface area (Å²) in [5.74, 6) is 2.59. The quantitative estimate of drug-likeness (QED) is 0.660. The topological polar surface area (TPSA) is 112 Å². The minimum Gasteiger partial charge on any atom is -0.616 e. The number of pyridine rings is 1. The number of hydrogen-bond acceptors (Lipinski definition) is 8. The maximum Gasteiger partial charge on any atom is 0.164 e. The number of nitrogens with zero attached hydrogens (tertiary/aromatic N) is 4. The number of hydrogen-bond donors (Lipinski definition) is 2. The van der Waals surface area contributed by atoms with Gasteiger partial charge in [0.25, 0.3) is 0 Å². The van der Waals surface area contributed by atoms with Gasteiger partial charge >= 0.3 is 0 Å². The maximum absolute atomic E-state index is 12.4. The molecule has 1 unspecified atom stereocenters. The molecule has 0 radical (unpaired) electrons. The number of nitrogens with two attached hydrogens (primary N) is 1. The molecule has 3 N–H and O–H groups in total. The SMILES string of the molecule is C[C@@H]1COCCN1c1cc(NC[C@@H](C)[S+]([O-])C2CC2)nc(-c2ccnc(N)c2)n1. The summed E-state index contributed by atoms with van der Waals surface area (Å²) in [5, 5.41) is 3.82. The molecular weight excluding hydrogens is 388 g/mol. The summed E-state index contributed by atoms with van der Waals surface area (Å²) in [7, 11) is 0. The Balaban J connectivity index is 1.60. The number of morpholine rings is 1. The number of ether oxygens (including phenoxy) is 1. The Bertz CT molecular complexity index is 849. The Morgan fingerprint density at radius 3 is 2.93 bits per heavy atom. The van der Waals surface area contributed by atoms with E-state index in [4.69, 9.17) is 20.4 Å². The van der Waals surface area contributed by atoms with Crippen LogP contribution in [0.25, 0.3) is 11.4 Å². The lowest BCUT2D eigenvalue weighted by Crippen LogP contribution is -2.44. The third kappa shape index (κ3) is 4.91. The molecule has 3 heterocycles. The van der Waals surface area contributed by atoms with Gasteiger partial charge in [-0.3, -0.25) is 0 Å². The van der Waals surface area contributed by atoms with Gasteiger partial charge in [-0.1, -0.05) is 0 Å². The number of anilines is 3. The van der Waals surface area contributed by atoms with E-state index in [9.17, 15) is 4.55 Å². The molecule has 0 bridgehead atoms. The summed E-state index contributed by atoms with van der Waals surface area (Å²) >= 11 is -0.796. The van der Waals surface area contributed by atoms with Crippen LogP contribution < -0.4 is 16.0 Å². The molecule has 4 rings (SSSR count). The minimum absolute atomic E-state index is 0.0724. The first kappa shape index (κ1) is 20.2. The molecule has 8 nitrogen and oxygen atoms in total. The predicted molar refractivity (Wildman–Crippen MR) is 116 cm³/mol. The second-order valence-electron chi connectivity index (χ2n) is 7.74. The van der Waals surface area contributed by atoms with E-state index < -0.39 is 11.2 Å². The lowest BCUT2D eigenvalue weighted by atomic mass is 10.2. The van der Waals surface area contributed by atoms with Crippen molar-refractivity contribution < 1.29 is 9.29 Å². The van der Waals surface area contributed by atoms with Gasteiger partial charge in [-0.2, -0.15) is 0 Å². The fourth-order valence-corrected chi connectivity index (χ4v) is 4.92. The van der Waals surface area contributed by atoms with Gasteiger partial charge in [-0.15, -0.1) is 0 Å². The monoisotopic (exact) mass is 416 g/mol. The summed E-state index contributed by atoms with van der Waals surface area (Å²) in [6.45, 7) is 6.87. The van der Waals surface area contributed by atoms with E-state index in [-0.39, 0.29) is 11.3 Å². The molecule has 29 heavy (non-hydrogen) atoms. The van der Waals surface area contributed by atoms with Crippen molar-refractivity contribution in [3.8, 4) is 11.4 Å². The van der Waals surface area contributed by atoms with Crippen LogP contribution in [0.5, 0.6) is 0 Å². The van der Waals surface area contributed by atoms with Crippen LogP contribution >= 0.6 is 0 Å². The first-order valence-electron chi connectivity index (χ1n) is 10.1. The maximum atomic E-state index is 12.4. The second-order valence-corrected chi connectivity index (χ2v) is 9.87. The summed E-state index contributed by atoms with van der Waals surface area (Å²) in [5.41, 5.74) is 6.68. The normalized spacial score (nSPS) is 21.6. The second kappa shape index (κ2) is 8.73. The highest BCUT2D eigenvalue weighted by atomic mass is 32.2. The van der Waals surface area contributed by atoms with Crippen LogP contribution in [0.2, 0.25) is 0 Å². The minimum atomic E-state index is -0.796. The van der Waals surface area contributed by atoms with Crippen molar-refractivity contribution >= 4 is 28.6 Å². The van der Waals surface area contributed by atoms with Crippen molar-refractivity contribution in [3.63, 3.8) is 0 Å². The highest BCUT2D eigenvalue weighted by molar-refractivity contribution is 7.92. The molecule has 1 aliphatic heterocycles. The van der Waals surface area contributed by atoms with Crippen molar-refractivity contribution in [1.29, 1.82) is 0 Å². The molecular formula is C20H28N6O2S. The van der Waals surface area contributed by atoms with Crippen LogP contribution in [0.3, 0.4) is 0 Å². The summed E-state index contributed by atoms with van der Waals surface area (Å²) in [6, 6.07) is 5.81. The van der Waals surface area contributed by atoms with Crippen molar-refractivity contribution in [1.82, 2.24) is 15.0 Å². The van der Waals surface area contributed by atoms with Crippen LogP contribution in [-0.4, -0.2) is 62.3 Å². The predicted octanol–water partition coefficient (Wildman–Crippen LogP) is 2.06. The number of nitrogen functional groups attached to an aromatic ring is 1. The molecule has 1 saturated heterocycles. The van der Waals surface area contributed by atoms with Crippen molar-refractivity contribution in [2.24, 2.45) is 0 Å². The average molecular weight is 417 g/mol. The van der Waals surface area contributed by atoms with Crippen LogP contribution in [0.15, 0.2) is 24.4 Å². The van der Waals surface area contributed by atoms with Crippen molar-refractivity contribution in [3.05, 3.63) is 24.4 Å². The first-order valence-corrected chi connectivity index (χ1v) is 11.4. The van der Waals surface area contributed by atoms with Crippen LogP contribution in [0.4, 0.5) is 17.5 Å². The first-order chi connectivity index (χ1) is 14.0. The van der Waals surface area contributed by atoms with Crippen LogP contribution in [-0.2, 0) is 15.9 Å². The summed E-state index contributed by atoms with van der Waals surface area (Å²) < 4.78 is 18.0. The zero-order valence-corrected chi connectivity index (χ0v) is 17.7. The van der Waals surface area contributed by atoms with Gasteiger partial charge < -0.3 is 25.2 Å². The smallest absolute Gasteiger partial charge is 0.164 e. The van der Waals surface area contributed by atoms with Gasteiger partial charge in [0.1, 0.15) is 28.0 Å². The molecule has 3 atom stereocenters. The van der Waals surface area contributed by atoms with Gasteiger partial charge in [-0.05, 0) is 50.0 Å².